The van der Waals surface area contributed by atoms with E-state index in [-0.39, 0.29) is 0 Å². The molecular formula is C16H35N3. The fourth-order valence-electron chi connectivity index (χ4n) is 3.10. The predicted octanol–water partition coefficient (Wildman–Crippen LogP) is 2.05. The molecule has 1 heterocycles. The van der Waals surface area contributed by atoms with Crippen LogP contribution in [0.3, 0.4) is 0 Å². The first-order valence-electron chi connectivity index (χ1n) is 7.90. The highest BCUT2D eigenvalue weighted by molar-refractivity contribution is 4.87. The summed E-state index contributed by atoms with van der Waals surface area (Å²) in [5.74, 6) is 2.31. The first kappa shape index (κ1) is 16.9. The summed E-state index contributed by atoms with van der Waals surface area (Å²) in [6, 6.07) is 0. The zero-order valence-electron chi connectivity index (χ0n) is 13.9. The van der Waals surface area contributed by atoms with E-state index in [1.54, 1.807) is 0 Å². The van der Waals surface area contributed by atoms with Gasteiger partial charge in [-0.05, 0) is 63.3 Å². The van der Waals surface area contributed by atoms with E-state index in [0.717, 1.165) is 37.4 Å². The van der Waals surface area contributed by atoms with E-state index < -0.39 is 0 Å². The standard InChI is InChI=1S/C16H35N3/c1-13(2)14(9-17-5)10-18-12-16(3,4)15-7-8-19(6)11-15/h13-15,17-18H,7-12H2,1-6H3. The Balaban J connectivity index is 2.34. The fraction of sp³-hybridized carbons (Fsp3) is 1.00. The molecule has 0 spiro atoms. The summed E-state index contributed by atoms with van der Waals surface area (Å²) < 4.78 is 0. The Kier molecular flexibility index (Phi) is 6.78. The molecule has 2 N–H and O–H groups in total. The van der Waals surface area contributed by atoms with Crippen LogP contribution in [0, 0.1) is 23.2 Å². The van der Waals surface area contributed by atoms with E-state index >= 15 is 0 Å². The third-order valence-corrected chi connectivity index (χ3v) is 4.89. The van der Waals surface area contributed by atoms with Crippen molar-refractivity contribution in [1.29, 1.82) is 0 Å². The van der Waals surface area contributed by atoms with Crippen LogP contribution in [-0.4, -0.2) is 51.7 Å². The van der Waals surface area contributed by atoms with Crippen molar-refractivity contribution in [1.82, 2.24) is 15.5 Å². The van der Waals surface area contributed by atoms with Crippen LogP contribution in [0.4, 0.5) is 0 Å². The first-order chi connectivity index (χ1) is 8.86. The van der Waals surface area contributed by atoms with Crippen molar-refractivity contribution >= 4 is 0 Å². The second-order valence-electron chi connectivity index (χ2n) is 7.43. The van der Waals surface area contributed by atoms with Crippen LogP contribution in [0.25, 0.3) is 0 Å². The van der Waals surface area contributed by atoms with Gasteiger partial charge in [-0.2, -0.15) is 0 Å². The van der Waals surface area contributed by atoms with Crippen molar-refractivity contribution < 1.29 is 0 Å². The van der Waals surface area contributed by atoms with Crippen molar-refractivity contribution in [3.05, 3.63) is 0 Å². The Bertz CT molecular complexity index is 250. The highest BCUT2D eigenvalue weighted by Gasteiger charge is 2.33. The van der Waals surface area contributed by atoms with E-state index in [1.165, 1.54) is 19.5 Å². The molecular weight excluding hydrogens is 234 g/mol. The number of likely N-dealkylation sites (tertiary alicyclic amines) is 1. The summed E-state index contributed by atoms with van der Waals surface area (Å²) in [5, 5.41) is 7.04. The van der Waals surface area contributed by atoms with Gasteiger partial charge < -0.3 is 15.5 Å². The Hall–Kier alpha value is -0.120. The molecule has 1 rings (SSSR count). The van der Waals surface area contributed by atoms with Gasteiger partial charge in [0, 0.05) is 13.1 Å². The SMILES string of the molecule is CNCC(CNCC(C)(C)C1CCN(C)C1)C(C)C. The van der Waals surface area contributed by atoms with Gasteiger partial charge in [0.1, 0.15) is 0 Å². The number of rotatable bonds is 8. The summed E-state index contributed by atoms with van der Waals surface area (Å²) in [6.45, 7) is 15.4. The lowest BCUT2D eigenvalue weighted by atomic mass is 9.78. The molecule has 1 aliphatic heterocycles. The quantitative estimate of drug-likeness (QED) is 0.706. The minimum absolute atomic E-state index is 0.409. The third kappa shape index (κ3) is 5.41. The summed E-state index contributed by atoms with van der Waals surface area (Å²) in [7, 11) is 4.29. The number of hydrogen-bond acceptors (Lipinski definition) is 3. The Morgan fingerprint density at radius 1 is 1.26 bits per heavy atom. The minimum atomic E-state index is 0.409. The Labute approximate surface area is 120 Å². The van der Waals surface area contributed by atoms with Crippen molar-refractivity contribution in [2.24, 2.45) is 23.2 Å². The van der Waals surface area contributed by atoms with Crippen LogP contribution < -0.4 is 10.6 Å². The fourth-order valence-corrected chi connectivity index (χ4v) is 3.10. The number of nitrogens with one attached hydrogen (secondary N) is 2. The predicted molar refractivity (Wildman–Crippen MR) is 84.5 cm³/mol. The molecule has 3 nitrogen and oxygen atoms in total. The molecule has 0 radical (unpaired) electrons. The second kappa shape index (κ2) is 7.61. The summed E-state index contributed by atoms with van der Waals surface area (Å²) in [4.78, 5) is 2.46. The third-order valence-electron chi connectivity index (χ3n) is 4.89. The largest absolute Gasteiger partial charge is 0.319 e. The van der Waals surface area contributed by atoms with E-state index in [1.807, 2.05) is 7.05 Å². The molecule has 1 aliphatic rings. The molecule has 114 valence electrons. The molecule has 0 aromatic rings. The van der Waals surface area contributed by atoms with Crippen molar-refractivity contribution in [2.75, 3.05) is 46.8 Å². The maximum absolute atomic E-state index is 3.73. The van der Waals surface area contributed by atoms with Gasteiger partial charge in [-0.25, -0.2) is 0 Å². The average molecular weight is 269 g/mol. The van der Waals surface area contributed by atoms with Gasteiger partial charge >= 0.3 is 0 Å². The van der Waals surface area contributed by atoms with Crippen molar-refractivity contribution in [2.45, 2.75) is 34.1 Å². The first-order valence-corrected chi connectivity index (χ1v) is 7.90. The van der Waals surface area contributed by atoms with Crippen molar-refractivity contribution in [3.8, 4) is 0 Å². The molecule has 3 heteroatoms. The van der Waals surface area contributed by atoms with E-state index in [9.17, 15) is 0 Å². The van der Waals surface area contributed by atoms with E-state index in [4.69, 9.17) is 0 Å². The molecule has 1 saturated heterocycles. The average Bonchev–Trinajstić information content (AvgIpc) is 2.75. The smallest absolute Gasteiger partial charge is 0.00127 e. The van der Waals surface area contributed by atoms with Gasteiger partial charge in [-0.3, -0.25) is 0 Å². The lowest BCUT2D eigenvalue weighted by Gasteiger charge is -2.33. The van der Waals surface area contributed by atoms with E-state index in [0.29, 0.717) is 5.41 Å². The minimum Gasteiger partial charge on any atom is -0.319 e. The van der Waals surface area contributed by atoms with Gasteiger partial charge in [-0.1, -0.05) is 27.7 Å². The maximum Gasteiger partial charge on any atom is 0.00127 e. The highest BCUT2D eigenvalue weighted by Crippen LogP contribution is 2.33. The lowest BCUT2D eigenvalue weighted by Crippen LogP contribution is -2.41. The summed E-state index contributed by atoms with van der Waals surface area (Å²) in [6.07, 6.45) is 1.36. The molecule has 0 amide bonds. The molecule has 0 aromatic heterocycles. The van der Waals surface area contributed by atoms with E-state index in [2.05, 4.69) is 50.3 Å². The molecule has 0 aromatic carbocycles. The normalized spacial score (nSPS) is 23.2. The van der Waals surface area contributed by atoms with Gasteiger partial charge in [0.25, 0.3) is 0 Å². The van der Waals surface area contributed by atoms with Crippen molar-refractivity contribution in [3.63, 3.8) is 0 Å². The molecule has 0 bridgehead atoms. The molecule has 1 fully saturated rings. The molecule has 0 saturated carbocycles. The number of nitrogens with zero attached hydrogens (tertiary/aromatic N) is 1. The lowest BCUT2D eigenvalue weighted by molar-refractivity contribution is 0.199. The van der Waals surface area contributed by atoms with Crippen LogP contribution in [0.5, 0.6) is 0 Å². The van der Waals surface area contributed by atoms with Gasteiger partial charge in [0.15, 0.2) is 0 Å². The van der Waals surface area contributed by atoms with Crippen LogP contribution >= 0.6 is 0 Å². The second-order valence-corrected chi connectivity index (χ2v) is 7.43. The topological polar surface area (TPSA) is 27.3 Å². The number of hydrogen-bond donors (Lipinski definition) is 2. The Morgan fingerprint density at radius 3 is 2.42 bits per heavy atom. The zero-order chi connectivity index (χ0) is 14.5. The Morgan fingerprint density at radius 2 is 1.95 bits per heavy atom. The van der Waals surface area contributed by atoms with Crippen LogP contribution in [0.15, 0.2) is 0 Å². The molecule has 19 heavy (non-hydrogen) atoms. The van der Waals surface area contributed by atoms with Gasteiger partial charge in [-0.15, -0.1) is 0 Å². The molecule has 0 aliphatic carbocycles. The molecule has 2 unspecified atom stereocenters. The summed E-state index contributed by atoms with van der Waals surface area (Å²) in [5.41, 5.74) is 0.409. The highest BCUT2D eigenvalue weighted by atomic mass is 15.1. The summed E-state index contributed by atoms with van der Waals surface area (Å²) >= 11 is 0. The molecule has 2 atom stereocenters. The van der Waals surface area contributed by atoms with Crippen LogP contribution in [-0.2, 0) is 0 Å². The van der Waals surface area contributed by atoms with Crippen LogP contribution in [0.1, 0.15) is 34.1 Å². The zero-order valence-corrected chi connectivity index (χ0v) is 13.9. The van der Waals surface area contributed by atoms with Gasteiger partial charge in [0.05, 0.1) is 0 Å². The maximum atomic E-state index is 3.73. The monoisotopic (exact) mass is 269 g/mol. The van der Waals surface area contributed by atoms with Crippen LogP contribution in [0.2, 0.25) is 0 Å². The van der Waals surface area contributed by atoms with Gasteiger partial charge in [0.2, 0.25) is 0 Å².